The van der Waals surface area contributed by atoms with Crippen molar-refractivity contribution in [3.63, 3.8) is 0 Å². The normalized spacial score (nSPS) is 31.7. The van der Waals surface area contributed by atoms with Crippen molar-refractivity contribution >= 4 is 0 Å². The summed E-state index contributed by atoms with van der Waals surface area (Å²) in [6.45, 7) is 0. The molecule has 0 unspecified atom stereocenters. The second kappa shape index (κ2) is 2.08. The van der Waals surface area contributed by atoms with Crippen LogP contribution in [0.5, 0.6) is 0 Å². The van der Waals surface area contributed by atoms with Gasteiger partial charge in [0.25, 0.3) is 0 Å². The molecule has 0 aliphatic heterocycles. The first kappa shape index (κ1) is 5.89. The Labute approximate surface area is 58.7 Å². The summed E-state index contributed by atoms with van der Waals surface area (Å²) >= 11 is 0. The molecule has 0 atom stereocenters. The number of alkyl halides is 1. The largest absolute Gasteiger partial charge is 0.269 e. The molecule has 1 aromatic rings. The molecule has 2 nitrogen and oxygen atoms in total. The zero-order valence-corrected chi connectivity index (χ0v) is 5.57. The molecule has 1 aromatic heterocycles. The molecule has 0 N–H and O–H groups in total. The predicted octanol–water partition coefficient (Wildman–Crippen LogP) is 1.56. The molecule has 1 aliphatic rings. The van der Waals surface area contributed by atoms with Gasteiger partial charge in [0.2, 0.25) is 0 Å². The lowest BCUT2D eigenvalue weighted by molar-refractivity contribution is 0.128. The van der Waals surface area contributed by atoms with Crippen LogP contribution in [0.1, 0.15) is 18.9 Å². The van der Waals surface area contributed by atoms with E-state index in [4.69, 9.17) is 0 Å². The fourth-order valence-corrected chi connectivity index (χ4v) is 1.23. The monoisotopic (exact) mass is 140 g/mol. The van der Waals surface area contributed by atoms with Crippen molar-refractivity contribution in [1.82, 2.24) is 9.78 Å². The summed E-state index contributed by atoms with van der Waals surface area (Å²) < 4.78 is 14.1. The Balaban J connectivity index is 2.04. The highest BCUT2D eigenvalue weighted by Crippen LogP contribution is 2.33. The van der Waals surface area contributed by atoms with E-state index in [0.29, 0.717) is 18.9 Å². The van der Waals surface area contributed by atoms with Crippen LogP contribution < -0.4 is 0 Å². The van der Waals surface area contributed by atoms with Gasteiger partial charge in [0, 0.05) is 25.2 Å². The summed E-state index contributed by atoms with van der Waals surface area (Å²) in [7, 11) is 0. The first-order valence-corrected chi connectivity index (χ1v) is 3.49. The topological polar surface area (TPSA) is 17.8 Å². The molecule has 0 amide bonds. The maximum Gasteiger partial charge on any atom is 0.104 e. The Kier molecular flexibility index (Phi) is 1.22. The maximum absolute atomic E-state index is 12.3. The second-order valence-electron chi connectivity index (χ2n) is 2.71. The van der Waals surface area contributed by atoms with E-state index >= 15 is 0 Å². The van der Waals surface area contributed by atoms with E-state index in [1.54, 1.807) is 6.20 Å². The number of halogens is 1. The average molecular weight is 140 g/mol. The van der Waals surface area contributed by atoms with Gasteiger partial charge in [-0.2, -0.15) is 5.10 Å². The minimum atomic E-state index is -0.589. The van der Waals surface area contributed by atoms with Gasteiger partial charge in [0.1, 0.15) is 6.17 Å². The van der Waals surface area contributed by atoms with Gasteiger partial charge in [-0.25, -0.2) is 4.39 Å². The quantitative estimate of drug-likeness (QED) is 0.578. The summed E-state index contributed by atoms with van der Waals surface area (Å²) in [6, 6.07) is 2.19. The first-order chi connectivity index (χ1) is 4.86. The Morgan fingerprint density at radius 1 is 1.50 bits per heavy atom. The van der Waals surface area contributed by atoms with Gasteiger partial charge in [-0.1, -0.05) is 0 Å². The number of hydrogen-bond donors (Lipinski definition) is 0. The molecule has 54 valence electrons. The SMILES string of the molecule is FC1CC(n2cccn2)C1. The van der Waals surface area contributed by atoms with Crippen molar-refractivity contribution in [3.8, 4) is 0 Å². The predicted molar refractivity (Wildman–Crippen MR) is 35.4 cm³/mol. The lowest BCUT2D eigenvalue weighted by atomic mass is 9.91. The van der Waals surface area contributed by atoms with Crippen LogP contribution in [0.4, 0.5) is 4.39 Å². The zero-order valence-electron chi connectivity index (χ0n) is 5.57. The highest BCUT2D eigenvalue weighted by molar-refractivity contribution is 4.88. The van der Waals surface area contributed by atoms with E-state index in [0.717, 1.165) is 0 Å². The summed E-state index contributed by atoms with van der Waals surface area (Å²) in [6.07, 6.45) is 4.31. The molecule has 0 saturated heterocycles. The number of rotatable bonds is 1. The van der Waals surface area contributed by atoms with Crippen molar-refractivity contribution in [2.45, 2.75) is 25.1 Å². The molecular formula is C7H9FN2. The minimum Gasteiger partial charge on any atom is -0.269 e. The van der Waals surface area contributed by atoms with Crippen LogP contribution >= 0.6 is 0 Å². The fourth-order valence-electron chi connectivity index (χ4n) is 1.23. The van der Waals surface area contributed by atoms with Crippen molar-refractivity contribution in [1.29, 1.82) is 0 Å². The van der Waals surface area contributed by atoms with Gasteiger partial charge in [0.15, 0.2) is 0 Å². The highest BCUT2D eigenvalue weighted by atomic mass is 19.1. The van der Waals surface area contributed by atoms with Gasteiger partial charge in [-0.3, -0.25) is 4.68 Å². The van der Waals surface area contributed by atoms with Crippen LogP contribution in [-0.2, 0) is 0 Å². The summed E-state index contributed by atoms with van der Waals surface area (Å²) in [5.41, 5.74) is 0. The third kappa shape index (κ3) is 0.818. The minimum absolute atomic E-state index is 0.324. The Morgan fingerprint density at radius 3 is 2.80 bits per heavy atom. The standard InChI is InChI=1S/C7H9FN2/c8-6-4-7(5-6)10-3-1-2-9-10/h1-3,6-7H,4-5H2. The first-order valence-electron chi connectivity index (χ1n) is 3.49. The molecule has 0 radical (unpaired) electrons. The van der Waals surface area contributed by atoms with Gasteiger partial charge in [-0.15, -0.1) is 0 Å². The summed E-state index contributed by atoms with van der Waals surface area (Å²) in [5, 5.41) is 4.02. The van der Waals surface area contributed by atoms with Crippen LogP contribution in [-0.4, -0.2) is 16.0 Å². The average Bonchev–Trinajstić information content (AvgIpc) is 2.31. The van der Waals surface area contributed by atoms with Crippen LogP contribution in [0, 0.1) is 0 Å². The molecule has 0 aromatic carbocycles. The molecule has 10 heavy (non-hydrogen) atoms. The fraction of sp³-hybridized carbons (Fsp3) is 0.571. The Hall–Kier alpha value is -0.860. The Bertz CT molecular complexity index is 201. The highest BCUT2D eigenvalue weighted by Gasteiger charge is 2.30. The van der Waals surface area contributed by atoms with Crippen LogP contribution in [0.3, 0.4) is 0 Å². The third-order valence-corrected chi connectivity index (χ3v) is 1.95. The van der Waals surface area contributed by atoms with Gasteiger partial charge in [0.05, 0.1) is 6.04 Å². The van der Waals surface area contributed by atoms with Crippen molar-refractivity contribution in [3.05, 3.63) is 18.5 Å². The maximum atomic E-state index is 12.3. The van der Waals surface area contributed by atoms with Gasteiger partial charge >= 0.3 is 0 Å². The molecule has 1 aliphatic carbocycles. The summed E-state index contributed by atoms with van der Waals surface area (Å²) in [4.78, 5) is 0. The van der Waals surface area contributed by atoms with E-state index in [1.165, 1.54) is 0 Å². The van der Waals surface area contributed by atoms with Crippen LogP contribution in [0.2, 0.25) is 0 Å². The molecular weight excluding hydrogens is 131 g/mol. The number of nitrogens with zero attached hydrogens (tertiary/aromatic N) is 2. The van der Waals surface area contributed by atoms with Crippen LogP contribution in [0.15, 0.2) is 18.5 Å². The second-order valence-corrected chi connectivity index (χ2v) is 2.71. The van der Waals surface area contributed by atoms with Crippen molar-refractivity contribution < 1.29 is 4.39 Å². The van der Waals surface area contributed by atoms with Crippen molar-refractivity contribution in [2.75, 3.05) is 0 Å². The zero-order chi connectivity index (χ0) is 6.97. The summed E-state index contributed by atoms with van der Waals surface area (Å²) in [5.74, 6) is 0. The molecule has 2 rings (SSSR count). The van der Waals surface area contributed by atoms with E-state index in [1.807, 2.05) is 16.9 Å². The molecule has 1 heterocycles. The molecule has 0 spiro atoms. The van der Waals surface area contributed by atoms with E-state index in [2.05, 4.69) is 5.10 Å². The van der Waals surface area contributed by atoms with Crippen LogP contribution in [0.25, 0.3) is 0 Å². The third-order valence-electron chi connectivity index (χ3n) is 1.95. The molecule has 3 heteroatoms. The van der Waals surface area contributed by atoms with E-state index in [-0.39, 0.29) is 0 Å². The van der Waals surface area contributed by atoms with Gasteiger partial charge < -0.3 is 0 Å². The number of aromatic nitrogens is 2. The van der Waals surface area contributed by atoms with Gasteiger partial charge in [-0.05, 0) is 6.07 Å². The van der Waals surface area contributed by atoms with E-state index in [9.17, 15) is 4.39 Å². The molecule has 1 fully saturated rings. The lowest BCUT2D eigenvalue weighted by Crippen LogP contribution is -2.27. The Morgan fingerprint density at radius 2 is 2.30 bits per heavy atom. The molecule has 0 bridgehead atoms. The smallest absolute Gasteiger partial charge is 0.104 e. The number of hydrogen-bond acceptors (Lipinski definition) is 1. The van der Waals surface area contributed by atoms with E-state index < -0.39 is 6.17 Å². The van der Waals surface area contributed by atoms with Crippen molar-refractivity contribution in [2.24, 2.45) is 0 Å². The lowest BCUT2D eigenvalue weighted by Gasteiger charge is -2.29. The molecule has 1 saturated carbocycles.